The van der Waals surface area contributed by atoms with E-state index in [1.807, 2.05) is 19.1 Å². The minimum atomic E-state index is -1.27. The molecule has 1 aromatic rings. The minimum absolute atomic E-state index is 0.0206. The highest BCUT2D eigenvalue weighted by molar-refractivity contribution is 6.30. The monoisotopic (exact) mass is 468 g/mol. The number of benzene rings is 1. The zero-order valence-electron chi connectivity index (χ0n) is 18.0. The Morgan fingerprint density at radius 1 is 1.38 bits per heavy atom. The minimum Gasteiger partial charge on any atom is -0.387 e. The first-order valence-electron chi connectivity index (χ1n) is 11.2. The van der Waals surface area contributed by atoms with Gasteiger partial charge < -0.3 is 25.4 Å². The van der Waals surface area contributed by atoms with E-state index in [9.17, 15) is 10.2 Å². The van der Waals surface area contributed by atoms with E-state index in [1.165, 1.54) is 0 Å². The highest BCUT2D eigenvalue weighted by Crippen LogP contribution is 2.47. The zero-order valence-corrected chi connectivity index (χ0v) is 18.7. The first kappa shape index (κ1) is 22.5. The van der Waals surface area contributed by atoms with Crippen LogP contribution >= 0.6 is 11.6 Å². The summed E-state index contributed by atoms with van der Waals surface area (Å²) >= 11 is 6.14. The van der Waals surface area contributed by atoms with Crippen molar-refractivity contribution in [2.75, 3.05) is 19.8 Å². The molecule has 0 saturated carbocycles. The van der Waals surface area contributed by atoms with Crippen molar-refractivity contribution in [3.05, 3.63) is 34.3 Å². The third kappa shape index (κ3) is 3.29. The smallest absolute Gasteiger partial charge is 0.141 e. The average Bonchev–Trinajstić information content (AvgIpc) is 3.23. The fourth-order valence-corrected chi connectivity index (χ4v) is 6.10. The molecule has 5 N–H and O–H groups in total. The molecule has 32 heavy (non-hydrogen) atoms. The quantitative estimate of drug-likeness (QED) is 0.523. The second-order valence-corrected chi connectivity index (χ2v) is 9.56. The lowest BCUT2D eigenvalue weighted by Gasteiger charge is -2.43. The molecule has 0 radical (unpaired) electrons. The largest absolute Gasteiger partial charge is 0.387 e. The van der Waals surface area contributed by atoms with Gasteiger partial charge in [0.2, 0.25) is 0 Å². The van der Waals surface area contributed by atoms with E-state index < -0.39 is 48.4 Å². The van der Waals surface area contributed by atoms with Gasteiger partial charge in [-0.1, -0.05) is 31.0 Å². The molecule has 2 saturated heterocycles. The molecule has 0 spiro atoms. The first-order chi connectivity index (χ1) is 15.4. The van der Waals surface area contributed by atoms with Gasteiger partial charge in [-0.25, -0.2) is 4.39 Å². The van der Waals surface area contributed by atoms with Gasteiger partial charge in [-0.2, -0.15) is 0 Å². The summed E-state index contributed by atoms with van der Waals surface area (Å²) in [4.78, 5) is 6.01. The SMILES string of the molecule is CCCC12C(N)=NCNC1N([C@@H]1O[C@H]([C@@H]3OCCc4cc(Cl)ccc43)[C@@H](O)[C@H]1O)CC2F. The Labute approximate surface area is 191 Å². The van der Waals surface area contributed by atoms with Gasteiger partial charge in [0.25, 0.3) is 0 Å². The molecular weight excluding hydrogens is 439 g/mol. The fraction of sp³-hybridized carbons (Fsp3) is 0.682. The summed E-state index contributed by atoms with van der Waals surface area (Å²) in [7, 11) is 0. The second-order valence-electron chi connectivity index (χ2n) is 9.12. The zero-order chi connectivity index (χ0) is 22.6. The molecule has 0 bridgehead atoms. The van der Waals surface area contributed by atoms with Crippen LogP contribution in [0.4, 0.5) is 4.39 Å². The lowest BCUT2D eigenvalue weighted by atomic mass is 9.76. The predicted molar refractivity (Wildman–Crippen MR) is 117 cm³/mol. The molecule has 8 nitrogen and oxygen atoms in total. The number of likely N-dealkylation sites (tertiary alicyclic amines) is 1. The van der Waals surface area contributed by atoms with Crippen molar-refractivity contribution in [3.63, 3.8) is 0 Å². The van der Waals surface area contributed by atoms with Crippen LogP contribution in [0.25, 0.3) is 0 Å². The number of hydrogen-bond acceptors (Lipinski definition) is 8. The molecule has 0 aromatic heterocycles. The van der Waals surface area contributed by atoms with E-state index in [-0.39, 0.29) is 13.2 Å². The molecule has 176 valence electrons. The van der Waals surface area contributed by atoms with Crippen LogP contribution in [0, 0.1) is 5.41 Å². The number of nitrogens with two attached hydrogens (primary N) is 1. The number of rotatable bonds is 4. The number of nitrogens with zero attached hydrogens (tertiary/aromatic N) is 2. The molecule has 4 aliphatic rings. The Hall–Kier alpha value is -1.33. The van der Waals surface area contributed by atoms with Crippen LogP contribution in [-0.2, 0) is 15.9 Å². The lowest BCUT2D eigenvalue weighted by molar-refractivity contribution is -0.142. The topological polar surface area (TPSA) is 113 Å². The Bertz CT molecular complexity index is 907. The molecule has 4 heterocycles. The fourth-order valence-electron chi connectivity index (χ4n) is 5.91. The Balaban J connectivity index is 1.43. The van der Waals surface area contributed by atoms with Crippen molar-refractivity contribution >= 4 is 17.4 Å². The summed E-state index contributed by atoms with van der Waals surface area (Å²) in [5.41, 5.74) is 7.16. The summed E-state index contributed by atoms with van der Waals surface area (Å²) in [6, 6.07) is 5.54. The predicted octanol–water partition coefficient (Wildman–Crippen LogP) is 1.08. The standard InChI is InChI=1S/C22H30ClFN4O4/c1-2-6-22-14(24)9-28(21(22)27-10-26-20(22)25)19-16(30)15(29)18(32-19)17-13-4-3-12(23)8-11(13)5-7-31-17/h3-4,8,14-19,21,27,29-30H,2,5-7,9-10H2,1H3,(H2,25,26)/t14?,15-,16+,17+,18-,19+,21?,22?/m0/s1. The van der Waals surface area contributed by atoms with Crippen molar-refractivity contribution in [1.29, 1.82) is 0 Å². The van der Waals surface area contributed by atoms with Gasteiger partial charge in [0.05, 0.1) is 24.9 Å². The molecule has 3 unspecified atom stereocenters. The maximum atomic E-state index is 15.5. The van der Waals surface area contributed by atoms with E-state index >= 15 is 4.39 Å². The van der Waals surface area contributed by atoms with Crippen LogP contribution < -0.4 is 11.1 Å². The van der Waals surface area contributed by atoms with Crippen LogP contribution in [0.1, 0.15) is 37.0 Å². The number of ether oxygens (including phenoxy) is 2. The summed E-state index contributed by atoms with van der Waals surface area (Å²) in [5, 5.41) is 25.8. The van der Waals surface area contributed by atoms with Gasteiger partial charge in [0.15, 0.2) is 0 Å². The van der Waals surface area contributed by atoms with E-state index in [0.717, 1.165) is 17.5 Å². The van der Waals surface area contributed by atoms with Crippen molar-refractivity contribution in [1.82, 2.24) is 10.2 Å². The molecule has 0 amide bonds. The van der Waals surface area contributed by atoms with Gasteiger partial charge >= 0.3 is 0 Å². The van der Waals surface area contributed by atoms with Crippen molar-refractivity contribution in [2.24, 2.45) is 16.1 Å². The summed E-state index contributed by atoms with van der Waals surface area (Å²) in [5.74, 6) is 0.295. The number of nitrogens with one attached hydrogen (secondary N) is 1. The van der Waals surface area contributed by atoms with Crippen molar-refractivity contribution < 1.29 is 24.1 Å². The number of fused-ring (bicyclic) bond motifs is 2. The van der Waals surface area contributed by atoms with Crippen LogP contribution in [0.15, 0.2) is 23.2 Å². The normalized spacial score (nSPS) is 41.9. The van der Waals surface area contributed by atoms with E-state index in [1.54, 1.807) is 11.0 Å². The Morgan fingerprint density at radius 2 is 2.19 bits per heavy atom. The summed E-state index contributed by atoms with van der Waals surface area (Å²) in [6.07, 6.45) is -4.48. The third-order valence-corrected chi connectivity index (χ3v) is 7.64. The summed E-state index contributed by atoms with van der Waals surface area (Å²) < 4.78 is 27.7. The van der Waals surface area contributed by atoms with Crippen molar-refractivity contribution in [2.45, 2.75) is 69.2 Å². The maximum absolute atomic E-state index is 15.5. The molecule has 10 heteroatoms. The maximum Gasteiger partial charge on any atom is 0.141 e. The first-order valence-corrected chi connectivity index (χ1v) is 11.6. The number of alkyl halides is 1. The van der Waals surface area contributed by atoms with Gasteiger partial charge in [0.1, 0.15) is 42.7 Å². The van der Waals surface area contributed by atoms with E-state index in [4.69, 9.17) is 26.8 Å². The van der Waals surface area contributed by atoms with E-state index in [2.05, 4.69) is 10.3 Å². The van der Waals surface area contributed by atoms with Crippen LogP contribution in [0.5, 0.6) is 0 Å². The van der Waals surface area contributed by atoms with Crippen LogP contribution in [0.2, 0.25) is 5.02 Å². The molecule has 2 fully saturated rings. The highest BCUT2D eigenvalue weighted by Gasteiger charge is 2.62. The van der Waals surface area contributed by atoms with Crippen molar-refractivity contribution in [3.8, 4) is 0 Å². The molecule has 4 aliphatic heterocycles. The number of aliphatic hydroxyl groups is 2. The number of aliphatic imine (C=N–C) groups is 1. The molecule has 8 atom stereocenters. The third-order valence-electron chi connectivity index (χ3n) is 7.41. The van der Waals surface area contributed by atoms with Crippen LogP contribution in [-0.4, -0.2) is 77.6 Å². The lowest BCUT2D eigenvalue weighted by Crippen LogP contribution is -2.62. The number of halogens is 2. The van der Waals surface area contributed by atoms with Gasteiger partial charge in [-0.3, -0.25) is 15.2 Å². The Kier molecular flexibility index (Phi) is 5.94. The molecular formula is C22H30ClFN4O4. The molecule has 0 aliphatic carbocycles. The molecule has 1 aromatic carbocycles. The van der Waals surface area contributed by atoms with Crippen LogP contribution in [0.3, 0.4) is 0 Å². The van der Waals surface area contributed by atoms with E-state index in [0.29, 0.717) is 30.3 Å². The number of amidine groups is 1. The molecule has 5 rings (SSSR count). The number of aliphatic hydroxyl groups excluding tert-OH is 2. The van der Waals surface area contributed by atoms with Gasteiger partial charge in [0, 0.05) is 11.6 Å². The second kappa shape index (κ2) is 8.47. The van der Waals surface area contributed by atoms with Gasteiger partial charge in [-0.15, -0.1) is 0 Å². The average molecular weight is 469 g/mol. The number of hydrogen-bond donors (Lipinski definition) is 4. The summed E-state index contributed by atoms with van der Waals surface area (Å²) in [6.45, 7) is 2.72. The van der Waals surface area contributed by atoms with Gasteiger partial charge in [-0.05, 0) is 36.1 Å². The highest BCUT2D eigenvalue weighted by atomic mass is 35.5. The Morgan fingerprint density at radius 3 is 2.97 bits per heavy atom.